The van der Waals surface area contributed by atoms with Crippen LogP contribution in [0.15, 0.2) is 64.4 Å². The third-order valence-corrected chi connectivity index (χ3v) is 5.64. The predicted molar refractivity (Wildman–Crippen MR) is 111 cm³/mol. The van der Waals surface area contributed by atoms with E-state index in [9.17, 15) is 9.59 Å². The zero-order valence-corrected chi connectivity index (χ0v) is 15.9. The Balaban J connectivity index is 1.80. The molecule has 0 amide bonds. The van der Waals surface area contributed by atoms with Gasteiger partial charge in [-0.2, -0.15) is 0 Å². The first-order valence-electron chi connectivity index (χ1n) is 9.92. The minimum atomic E-state index is -0.441. The van der Waals surface area contributed by atoms with E-state index < -0.39 is 5.69 Å². The summed E-state index contributed by atoms with van der Waals surface area (Å²) in [4.78, 5) is 37.0. The van der Waals surface area contributed by atoms with Gasteiger partial charge in [0.15, 0.2) is 11.2 Å². The molecule has 146 valence electrons. The zero-order chi connectivity index (χ0) is 19.8. The van der Waals surface area contributed by atoms with Gasteiger partial charge in [-0.1, -0.05) is 43.2 Å². The summed E-state index contributed by atoms with van der Waals surface area (Å²) in [6, 6.07) is 13.7. The van der Waals surface area contributed by atoms with Crippen molar-refractivity contribution in [2.75, 3.05) is 0 Å². The number of aromatic nitrogens is 5. The number of rotatable bonds is 4. The number of aromatic amines is 1. The van der Waals surface area contributed by atoms with Crippen LogP contribution in [-0.2, 0) is 6.54 Å². The lowest BCUT2D eigenvalue weighted by Crippen LogP contribution is -2.31. The van der Waals surface area contributed by atoms with Crippen molar-refractivity contribution in [2.24, 2.45) is 0 Å². The van der Waals surface area contributed by atoms with E-state index in [1.807, 2.05) is 47.0 Å². The molecule has 0 atom stereocenters. The van der Waals surface area contributed by atoms with Gasteiger partial charge in [0.1, 0.15) is 5.82 Å². The Morgan fingerprint density at radius 3 is 2.45 bits per heavy atom. The molecule has 1 aliphatic carbocycles. The number of H-pyrrole nitrogens is 1. The van der Waals surface area contributed by atoms with Gasteiger partial charge in [0, 0.05) is 24.0 Å². The molecule has 3 heterocycles. The third kappa shape index (κ3) is 3.08. The van der Waals surface area contributed by atoms with Gasteiger partial charge in [-0.3, -0.25) is 19.3 Å². The summed E-state index contributed by atoms with van der Waals surface area (Å²) in [7, 11) is 0. The lowest BCUT2D eigenvalue weighted by atomic mass is 10.2. The van der Waals surface area contributed by atoms with Gasteiger partial charge >= 0.3 is 5.69 Å². The number of nitrogens with one attached hydrogen (secondary N) is 1. The van der Waals surface area contributed by atoms with E-state index in [1.165, 1.54) is 0 Å². The number of hydrogen-bond acceptors (Lipinski definition) is 4. The molecule has 1 fully saturated rings. The van der Waals surface area contributed by atoms with E-state index in [0.717, 1.165) is 36.8 Å². The van der Waals surface area contributed by atoms with Gasteiger partial charge in [-0.05, 0) is 30.5 Å². The quantitative estimate of drug-likeness (QED) is 0.583. The van der Waals surface area contributed by atoms with Crippen LogP contribution in [0.25, 0.3) is 22.6 Å². The first-order valence-corrected chi connectivity index (χ1v) is 9.92. The Kier molecular flexibility index (Phi) is 4.35. The highest BCUT2D eigenvalue weighted by Gasteiger charge is 2.26. The Hall–Kier alpha value is -3.48. The van der Waals surface area contributed by atoms with Crippen molar-refractivity contribution in [1.82, 2.24) is 24.1 Å². The second kappa shape index (κ2) is 7.16. The van der Waals surface area contributed by atoms with E-state index in [-0.39, 0.29) is 11.6 Å². The minimum Gasteiger partial charge on any atom is -0.315 e. The van der Waals surface area contributed by atoms with Crippen molar-refractivity contribution in [3.05, 3.63) is 81.3 Å². The molecule has 1 saturated carbocycles. The van der Waals surface area contributed by atoms with Gasteiger partial charge in [-0.15, -0.1) is 0 Å². The van der Waals surface area contributed by atoms with Crippen LogP contribution in [0.2, 0.25) is 0 Å². The summed E-state index contributed by atoms with van der Waals surface area (Å²) < 4.78 is 3.60. The van der Waals surface area contributed by atoms with Gasteiger partial charge in [0.05, 0.1) is 6.54 Å². The number of imidazole rings is 1. The number of nitrogens with zero attached hydrogens (tertiary/aromatic N) is 4. The molecule has 0 spiro atoms. The van der Waals surface area contributed by atoms with Crippen molar-refractivity contribution >= 4 is 11.2 Å². The maximum absolute atomic E-state index is 12.9. The van der Waals surface area contributed by atoms with Crippen LogP contribution in [0.5, 0.6) is 0 Å². The average Bonchev–Trinajstić information content (AvgIpc) is 3.40. The second-order valence-electron chi connectivity index (χ2n) is 7.48. The topological polar surface area (TPSA) is 85.6 Å². The summed E-state index contributed by atoms with van der Waals surface area (Å²) in [6.07, 6.45) is 7.69. The fourth-order valence-electron chi connectivity index (χ4n) is 4.28. The summed E-state index contributed by atoms with van der Waals surface area (Å²) >= 11 is 0. The molecule has 0 bridgehead atoms. The molecule has 1 aliphatic rings. The number of fused-ring (bicyclic) bond motifs is 1. The monoisotopic (exact) mass is 387 g/mol. The molecule has 3 aromatic heterocycles. The summed E-state index contributed by atoms with van der Waals surface area (Å²) in [5, 5.41) is 0. The predicted octanol–water partition coefficient (Wildman–Crippen LogP) is 3.11. The molecule has 0 saturated heterocycles. The third-order valence-electron chi connectivity index (χ3n) is 5.64. The lowest BCUT2D eigenvalue weighted by molar-refractivity contribution is 0.535. The molecule has 1 aromatic carbocycles. The standard InChI is InChI=1S/C22H21N5O2/c28-21-18-20(26(22(29)25-21)14-15-6-2-1-3-7-15)24-19(16-10-12-23-13-11-16)27(18)17-8-4-5-9-17/h1-3,6-7,10-13,17H,4-5,8-9,14H2,(H,25,28,29). The lowest BCUT2D eigenvalue weighted by Gasteiger charge is -2.16. The molecule has 29 heavy (non-hydrogen) atoms. The smallest absolute Gasteiger partial charge is 0.315 e. The maximum Gasteiger partial charge on any atom is 0.330 e. The minimum absolute atomic E-state index is 0.201. The maximum atomic E-state index is 12.9. The fraction of sp³-hybridized carbons (Fsp3) is 0.273. The summed E-state index contributed by atoms with van der Waals surface area (Å²) in [5.74, 6) is 0.715. The SMILES string of the molecule is O=c1[nH]c(=O)n(Cc2ccccc2)c2nc(-c3ccncc3)n(C3CCCC3)c12. The van der Waals surface area contributed by atoms with E-state index in [1.54, 1.807) is 17.0 Å². The Morgan fingerprint density at radius 1 is 1.00 bits per heavy atom. The van der Waals surface area contributed by atoms with Gasteiger partial charge in [0.25, 0.3) is 5.56 Å². The van der Waals surface area contributed by atoms with Gasteiger partial charge in [0.2, 0.25) is 0 Å². The summed E-state index contributed by atoms with van der Waals surface area (Å²) in [6.45, 7) is 0.352. The molecular weight excluding hydrogens is 366 g/mol. The fourth-order valence-corrected chi connectivity index (χ4v) is 4.28. The Labute approximate surface area is 166 Å². The largest absolute Gasteiger partial charge is 0.330 e. The van der Waals surface area contributed by atoms with Crippen LogP contribution in [0.3, 0.4) is 0 Å². The highest BCUT2D eigenvalue weighted by atomic mass is 16.2. The van der Waals surface area contributed by atoms with Gasteiger partial charge < -0.3 is 4.57 Å². The zero-order valence-electron chi connectivity index (χ0n) is 15.9. The number of hydrogen-bond donors (Lipinski definition) is 1. The molecule has 4 aromatic rings. The van der Waals surface area contributed by atoms with Crippen LogP contribution >= 0.6 is 0 Å². The second-order valence-corrected chi connectivity index (χ2v) is 7.48. The first-order chi connectivity index (χ1) is 14.2. The van der Waals surface area contributed by atoms with Crippen LogP contribution in [-0.4, -0.2) is 24.1 Å². The van der Waals surface area contributed by atoms with Gasteiger partial charge in [-0.25, -0.2) is 9.78 Å². The average molecular weight is 387 g/mol. The molecule has 7 heteroatoms. The van der Waals surface area contributed by atoms with E-state index >= 15 is 0 Å². The first kappa shape index (κ1) is 17.6. The molecule has 7 nitrogen and oxygen atoms in total. The number of pyridine rings is 1. The van der Waals surface area contributed by atoms with Crippen molar-refractivity contribution in [3.63, 3.8) is 0 Å². The Morgan fingerprint density at radius 2 is 1.72 bits per heavy atom. The van der Waals surface area contributed by atoms with E-state index in [4.69, 9.17) is 4.98 Å². The molecule has 0 unspecified atom stereocenters. The van der Waals surface area contributed by atoms with Crippen molar-refractivity contribution < 1.29 is 0 Å². The highest BCUT2D eigenvalue weighted by Crippen LogP contribution is 2.35. The summed E-state index contributed by atoms with van der Waals surface area (Å²) in [5.41, 5.74) is 1.95. The van der Waals surface area contributed by atoms with Crippen molar-refractivity contribution in [1.29, 1.82) is 0 Å². The molecule has 5 rings (SSSR count). The number of benzene rings is 1. The van der Waals surface area contributed by atoms with Crippen molar-refractivity contribution in [3.8, 4) is 11.4 Å². The van der Waals surface area contributed by atoms with Crippen LogP contribution in [0, 0.1) is 0 Å². The molecule has 1 N–H and O–H groups in total. The van der Waals surface area contributed by atoms with Crippen LogP contribution < -0.4 is 11.2 Å². The molecule has 0 radical (unpaired) electrons. The highest BCUT2D eigenvalue weighted by molar-refractivity contribution is 5.77. The Bertz CT molecular complexity index is 1270. The molecular formula is C22H21N5O2. The van der Waals surface area contributed by atoms with Crippen LogP contribution in [0.1, 0.15) is 37.3 Å². The van der Waals surface area contributed by atoms with E-state index in [2.05, 4.69) is 9.97 Å². The van der Waals surface area contributed by atoms with E-state index in [0.29, 0.717) is 23.5 Å². The van der Waals surface area contributed by atoms with Crippen molar-refractivity contribution in [2.45, 2.75) is 38.3 Å². The normalized spacial score (nSPS) is 14.6. The molecule has 0 aliphatic heterocycles. The van der Waals surface area contributed by atoms with Crippen LogP contribution in [0.4, 0.5) is 0 Å².